The lowest BCUT2D eigenvalue weighted by Crippen LogP contribution is -2.23. The van der Waals surface area contributed by atoms with E-state index in [2.05, 4.69) is 76.2 Å². The summed E-state index contributed by atoms with van der Waals surface area (Å²) in [5.41, 5.74) is 4.09. The zero-order chi connectivity index (χ0) is 55.5. The Kier molecular flexibility index (Phi) is 18.8. The number of benzene rings is 3. The van der Waals surface area contributed by atoms with E-state index in [1.807, 2.05) is 44.2 Å². The largest absolute Gasteiger partial charge is 0.491 e. The third-order valence-electron chi connectivity index (χ3n) is 21.9. The van der Waals surface area contributed by atoms with Crippen LogP contribution in [-0.2, 0) is 33.2 Å². The molecule has 9 saturated carbocycles. The molecule has 3 aromatic rings. The molecule has 14 fully saturated rings. The fraction of sp³-hybridized carbons (Fsp3) is 0.746. The van der Waals surface area contributed by atoms with Gasteiger partial charge in [0, 0.05) is 13.2 Å². The van der Waals surface area contributed by atoms with Crippen LogP contribution in [0.15, 0.2) is 78.9 Å². The van der Waals surface area contributed by atoms with Crippen LogP contribution >= 0.6 is 0 Å². The molecule has 446 valence electrons. The normalized spacial score (nSPS) is 39.1. The predicted octanol–water partition coefficient (Wildman–Crippen LogP) is 14.4. The molecule has 17 rings (SSSR count). The molecular formula is C71H102O10. The van der Waals surface area contributed by atoms with Gasteiger partial charge in [-0.3, -0.25) is 0 Å². The lowest BCUT2D eigenvalue weighted by atomic mass is 9.73. The highest BCUT2D eigenvalue weighted by molar-refractivity contribution is 5.40. The molecule has 0 aromatic heterocycles. The highest BCUT2D eigenvalue weighted by Gasteiger charge is 2.59. The van der Waals surface area contributed by atoms with Gasteiger partial charge in [-0.15, -0.1) is 0 Å². The maximum absolute atomic E-state index is 6.11. The molecule has 0 N–H and O–H groups in total. The van der Waals surface area contributed by atoms with Gasteiger partial charge in [-0.05, 0) is 226 Å². The summed E-state index contributed by atoms with van der Waals surface area (Å²) >= 11 is 0. The number of rotatable bonds is 17. The lowest BCUT2D eigenvalue weighted by Gasteiger charge is -2.32. The number of fused-ring (bicyclic) bond motifs is 15. The van der Waals surface area contributed by atoms with Gasteiger partial charge in [0.2, 0.25) is 0 Å². The Hall–Kier alpha value is -3.22. The van der Waals surface area contributed by atoms with Gasteiger partial charge < -0.3 is 47.4 Å². The highest BCUT2D eigenvalue weighted by Crippen LogP contribution is 2.69. The van der Waals surface area contributed by atoms with E-state index in [1.54, 1.807) is 38.5 Å². The molecule has 0 spiro atoms. The summed E-state index contributed by atoms with van der Waals surface area (Å²) in [5, 5.41) is 0. The Bertz CT molecular complexity index is 2290. The van der Waals surface area contributed by atoms with Crippen molar-refractivity contribution < 1.29 is 47.4 Å². The minimum Gasteiger partial charge on any atom is -0.491 e. The van der Waals surface area contributed by atoms with Crippen molar-refractivity contribution in [3.63, 3.8) is 0 Å². The van der Waals surface area contributed by atoms with E-state index in [-0.39, 0.29) is 0 Å². The molecule has 19 unspecified atom stereocenters. The van der Waals surface area contributed by atoms with Crippen molar-refractivity contribution in [2.45, 2.75) is 174 Å². The summed E-state index contributed by atoms with van der Waals surface area (Å²) < 4.78 is 53.1. The van der Waals surface area contributed by atoms with E-state index in [9.17, 15) is 0 Å². The zero-order valence-electron chi connectivity index (χ0n) is 50.4. The van der Waals surface area contributed by atoms with Gasteiger partial charge in [-0.2, -0.15) is 0 Å². The Morgan fingerprint density at radius 1 is 0.383 bits per heavy atom. The summed E-state index contributed by atoms with van der Waals surface area (Å²) in [6.07, 6.45) is 22.9. The quantitative estimate of drug-likeness (QED) is 0.121. The molecule has 5 heterocycles. The molecule has 10 heteroatoms. The standard InChI is InChI=1S/2C21H28O2.C10H16.C9H10O2.2C5H10O2/c2*1-21(2)9-18-13-7-16(17(8-13)19(18)10-21)15-5-3-4-6-20(15)23-12-14-11-22-14;1-2-9-7-4-5-8(6-7)10(9)3-1;1-2-4-8(5-3-1)10-6-9-7-11-9;2*1-2-6-3-5-4-7-5/h2*3-6,13-14,16-19H,7-12H2,1-2H3;7-10H,1-6H2;1-5,9H,6-7H2;2*5H,2-4H2,1H3. The van der Waals surface area contributed by atoms with Gasteiger partial charge in [-0.1, -0.05) is 88.7 Å². The Labute approximate surface area is 487 Å². The number of para-hydroxylation sites is 3. The Balaban J connectivity index is 0.000000103. The highest BCUT2D eigenvalue weighted by atomic mass is 16.6. The fourth-order valence-corrected chi connectivity index (χ4v) is 18.1. The van der Waals surface area contributed by atoms with E-state index in [4.69, 9.17) is 47.4 Å². The summed E-state index contributed by atoms with van der Waals surface area (Å²) in [6, 6.07) is 27.4. The van der Waals surface area contributed by atoms with Gasteiger partial charge in [0.1, 0.15) is 67.6 Å². The predicted molar refractivity (Wildman–Crippen MR) is 317 cm³/mol. The second-order valence-electron chi connectivity index (χ2n) is 28.8. The van der Waals surface area contributed by atoms with Gasteiger partial charge in [-0.25, -0.2) is 0 Å². The van der Waals surface area contributed by atoms with Crippen LogP contribution < -0.4 is 14.2 Å². The molecular weight excluding hydrogens is 1010 g/mol. The van der Waals surface area contributed by atoms with E-state index in [0.717, 1.165) is 149 Å². The van der Waals surface area contributed by atoms with Crippen molar-refractivity contribution in [1.29, 1.82) is 0 Å². The second-order valence-corrected chi connectivity index (χ2v) is 28.8. The first-order chi connectivity index (χ1) is 39.5. The first kappa shape index (κ1) is 58.2. The van der Waals surface area contributed by atoms with Gasteiger partial charge in [0.05, 0.1) is 46.2 Å². The molecule has 14 aliphatic rings. The smallest absolute Gasteiger partial charge is 0.122 e. The molecule has 0 radical (unpaired) electrons. The molecule has 6 bridgehead atoms. The van der Waals surface area contributed by atoms with E-state index >= 15 is 0 Å². The first-order valence-electron chi connectivity index (χ1n) is 32.8. The fourth-order valence-electron chi connectivity index (χ4n) is 18.1. The summed E-state index contributed by atoms with van der Waals surface area (Å²) in [4.78, 5) is 0. The van der Waals surface area contributed by atoms with Crippen LogP contribution in [0.25, 0.3) is 0 Å². The SMILES string of the molecule is C1CC2C3CCC(C3)C2C1.CC1(C)CC2C3CC(c4ccccc4OCC4CO4)C(C3)C2C1.CC1(C)CC2C3CC(c4ccccc4OCC4CO4)C(C3)C2C1.CCOCC1CO1.CCOCC1CO1.c1ccc(OCC2CO2)cc1. The average Bonchev–Trinajstić information content (AvgIpc) is 4.33. The molecule has 5 aliphatic heterocycles. The van der Waals surface area contributed by atoms with Crippen molar-refractivity contribution in [2.24, 2.45) is 81.8 Å². The van der Waals surface area contributed by atoms with Gasteiger partial charge in [0.25, 0.3) is 0 Å². The van der Waals surface area contributed by atoms with Crippen LogP contribution in [0.3, 0.4) is 0 Å². The molecule has 5 saturated heterocycles. The lowest BCUT2D eigenvalue weighted by molar-refractivity contribution is 0.128. The maximum Gasteiger partial charge on any atom is 0.122 e. The van der Waals surface area contributed by atoms with Crippen molar-refractivity contribution in [1.82, 2.24) is 0 Å². The molecule has 9 aliphatic carbocycles. The number of hydrogen-bond donors (Lipinski definition) is 0. The minimum atomic E-state index is 0.336. The van der Waals surface area contributed by atoms with Crippen LogP contribution in [0.4, 0.5) is 0 Å². The number of epoxide rings is 5. The zero-order valence-corrected chi connectivity index (χ0v) is 50.4. The monoisotopic (exact) mass is 1110 g/mol. The van der Waals surface area contributed by atoms with Crippen LogP contribution in [0, 0.1) is 81.8 Å². The molecule has 0 amide bonds. The number of hydrogen-bond acceptors (Lipinski definition) is 10. The topological polar surface area (TPSA) is 109 Å². The van der Waals surface area contributed by atoms with Crippen LogP contribution in [0.1, 0.15) is 154 Å². The molecule has 10 nitrogen and oxygen atoms in total. The average molecular weight is 1120 g/mol. The third-order valence-corrected chi connectivity index (χ3v) is 21.9. The van der Waals surface area contributed by atoms with Crippen molar-refractivity contribution in [3.8, 4) is 17.2 Å². The van der Waals surface area contributed by atoms with E-state index < -0.39 is 0 Å². The molecule has 81 heavy (non-hydrogen) atoms. The summed E-state index contributed by atoms with van der Waals surface area (Å²) in [5.74, 6) is 17.1. The summed E-state index contributed by atoms with van der Waals surface area (Å²) in [6.45, 7) is 23.6. The minimum absolute atomic E-state index is 0.336. The van der Waals surface area contributed by atoms with Crippen molar-refractivity contribution in [2.75, 3.05) is 79.3 Å². The van der Waals surface area contributed by atoms with Crippen molar-refractivity contribution >= 4 is 0 Å². The summed E-state index contributed by atoms with van der Waals surface area (Å²) in [7, 11) is 0. The Morgan fingerprint density at radius 2 is 0.765 bits per heavy atom. The third kappa shape index (κ3) is 15.3. The first-order valence-corrected chi connectivity index (χ1v) is 32.8. The van der Waals surface area contributed by atoms with Gasteiger partial charge >= 0.3 is 0 Å². The van der Waals surface area contributed by atoms with Gasteiger partial charge in [0.15, 0.2) is 0 Å². The van der Waals surface area contributed by atoms with E-state index in [1.165, 1.54) is 86.2 Å². The van der Waals surface area contributed by atoms with Crippen LogP contribution in [0.5, 0.6) is 17.2 Å². The maximum atomic E-state index is 6.11. The molecule has 19 atom stereocenters. The Morgan fingerprint density at radius 3 is 1.19 bits per heavy atom. The second kappa shape index (κ2) is 26.2. The van der Waals surface area contributed by atoms with Crippen LogP contribution in [-0.4, -0.2) is 110 Å². The van der Waals surface area contributed by atoms with Crippen molar-refractivity contribution in [3.05, 3.63) is 90.0 Å². The number of ether oxygens (including phenoxy) is 10. The molecule has 3 aromatic carbocycles. The van der Waals surface area contributed by atoms with E-state index in [0.29, 0.717) is 48.0 Å². The van der Waals surface area contributed by atoms with Crippen LogP contribution in [0.2, 0.25) is 0 Å².